The summed E-state index contributed by atoms with van der Waals surface area (Å²) in [6.45, 7) is 2.15. The van der Waals surface area contributed by atoms with E-state index in [4.69, 9.17) is 16.6 Å². The second kappa shape index (κ2) is 8.67. The number of aryl methyl sites for hydroxylation is 1. The Balaban J connectivity index is 1.56. The molecule has 2 fully saturated rings. The summed E-state index contributed by atoms with van der Waals surface area (Å²) in [6.07, 6.45) is 5.01. The Kier molecular flexibility index (Phi) is 5.82. The number of nitrogens with one attached hydrogen (secondary N) is 1. The number of hydrogen-bond donors (Lipinski definition) is 1. The highest BCUT2D eigenvalue weighted by Gasteiger charge is 2.42. The number of hydrogen-bond acceptors (Lipinski definition) is 9. The summed E-state index contributed by atoms with van der Waals surface area (Å²) in [7, 11) is -3.19. The van der Waals surface area contributed by atoms with E-state index in [9.17, 15) is 18.0 Å². The summed E-state index contributed by atoms with van der Waals surface area (Å²) < 4.78 is 30.9. The fourth-order valence-electron chi connectivity index (χ4n) is 4.07. The Morgan fingerprint density at radius 2 is 2.15 bits per heavy atom. The lowest BCUT2D eigenvalue weighted by atomic mass is 10.2. The van der Waals surface area contributed by atoms with E-state index in [1.54, 1.807) is 30.7 Å². The molecule has 12 heteroatoms. The molecule has 5 heterocycles. The number of pyridine rings is 1. The molecule has 1 atom stereocenters. The molecule has 3 aromatic rings. The maximum atomic E-state index is 13.4. The minimum absolute atomic E-state index is 0.0317. The van der Waals surface area contributed by atoms with E-state index >= 15 is 0 Å². The van der Waals surface area contributed by atoms with Crippen LogP contribution in [0.2, 0.25) is 0 Å². The normalized spacial score (nSPS) is 21.1. The molecule has 1 amide bonds. The summed E-state index contributed by atoms with van der Waals surface area (Å²) in [5, 5.41) is 3.14. The van der Waals surface area contributed by atoms with Gasteiger partial charge in [-0.1, -0.05) is 30.0 Å². The van der Waals surface area contributed by atoms with Gasteiger partial charge in [0.1, 0.15) is 21.5 Å². The van der Waals surface area contributed by atoms with Crippen LogP contribution in [0.1, 0.15) is 23.3 Å². The van der Waals surface area contributed by atoms with Gasteiger partial charge < -0.3 is 9.73 Å². The molecule has 2 aliphatic heterocycles. The van der Waals surface area contributed by atoms with Crippen molar-refractivity contribution in [3.05, 3.63) is 68.9 Å². The summed E-state index contributed by atoms with van der Waals surface area (Å²) >= 11 is 6.45. The van der Waals surface area contributed by atoms with Crippen molar-refractivity contribution in [2.75, 3.05) is 16.8 Å². The highest BCUT2D eigenvalue weighted by Crippen LogP contribution is 2.36. The number of carbonyl (C=O) groups excluding carboxylic acids is 1. The number of rotatable bonds is 5. The van der Waals surface area contributed by atoms with Gasteiger partial charge in [0.15, 0.2) is 9.84 Å². The molecule has 0 radical (unpaired) electrons. The van der Waals surface area contributed by atoms with Crippen molar-refractivity contribution in [2.24, 2.45) is 0 Å². The van der Waals surface area contributed by atoms with Crippen LogP contribution in [0, 0.1) is 6.92 Å². The topological polar surface area (TPSA) is 114 Å². The first-order valence-corrected chi connectivity index (χ1v) is 13.5. The van der Waals surface area contributed by atoms with E-state index in [1.165, 1.54) is 15.4 Å². The van der Waals surface area contributed by atoms with Gasteiger partial charge in [0, 0.05) is 6.20 Å². The molecular weight excluding hydrogens is 496 g/mol. The number of thiocarbonyl (C=S) groups is 1. The standard InChI is InChI=1S/C22H20N4O5S3/c1-13-4-2-7-25-19(13)24-18(23-11-15-5-3-8-31-15)16(20(25)27)10-17-21(28)26(22(32)33-17)14-6-9-34(29,30)12-14/h2-5,7-8,10,14,23H,6,9,11-12H2,1H3. The lowest BCUT2D eigenvalue weighted by Crippen LogP contribution is -2.39. The third kappa shape index (κ3) is 4.17. The van der Waals surface area contributed by atoms with Gasteiger partial charge in [-0.3, -0.25) is 18.9 Å². The number of anilines is 1. The SMILES string of the molecule is Cc1cccn2c(=O)c(C=C3SC(=S)N(C4CCS(=O)(=O)C4)C3=O)c(NCc3ccco3)nc12. The Labute approximate surface area is 204 Å². The minimum atomic E-state index is -3.19. The van der Waals surface area contributed by atoms with Crippen molar-refractivity contribution in [3.63, 3.8) is 0 Å². The quantitative estimate of drug-likeness (QED) is 0.404. The van der Waals surface area contributed by atoms with Crippen molar-refractivity contribution < 1.29 is 17.6 Å². The maximum absolute atomic E-state index is 13.4. The Morgan fingerprint density at radius 1 is 1.32 bits per heavy atom. The first-order chi connectivity index (χ1) is 16.2. The monoisotopic (exact) mass is 516 g/mol. The van der Waals surface area contributed by atoms with E-state index in [1.807, 2.05) is 13.0 Å². The number of sulfone groups is 1. The fraction of sp³-hybridized carbons (Fsp3) is 0.273. The lowest BCUT2D eigenvalue weighted by Gasteiger charge is -2.20. The van der Waals surface area contributed by atoms with Crippen molar-refractivity contribution >= 4 is 61.6 Å². The zero-order chi connectivity index (χ0) is 24.0. The Hall–Kier alpha value is -2.96. The third-order valence-electron chi connectivity index (χ3n) is 5.77. The van der Waals surface area contributed by atoms with Crippen molar-refractivity contribution in [2.45, 2.75) is 25.9 Å². The predicted molar refractivity (Wildman–Crippen MR) is 134 cm³/mol. The molecule has 0 aromatic carbocycles. The van der Waals surface area contributed by atoms with Crippen LogP contribution in [0.5, 0.6) is 0 Å². The highest BCUT2D eigenvalue weighted by atomic mass is 32.2. The van der Waals surface area contributed by atoms with Crippen LogP contribution < -0.4 is 10.9 Å². The largest absolute Gasteiger partial charge is 0.467 e. The van der Waals surface area contributed by atoms with E-state index < -0.39 is 21.8 Å². The Bertz CT molecular complexity index is 1510. The van der Waals surface area contributed by atoms with Gasteiger partial charge in [-0.2, -0.15) is 0 Å². The molecule has 176 valence electrons. The fourth-order valence-corrected chi connectivity index (χ4v) is 7.15. The van der Waals surface area contributed by atoms with Gasteiger partial charge in [0.2, 0.25) is 0 Å². The molecule has 0 saturated carbocycles. The molecule has 9 nitrogen and oxygen atoms in total. The molecule has 0 spiro atoms. The average Bonchev–Trinajstić information content (AvgIpc) is 3.49. The van der Waals surface area contributed by atoms with E-state index in [2.05, 4.69) is 10.3 Å². The molecular formula is C22H20N4O5S3. The molecule has 5 rings (SSSR count). The van der Waals surface area contributed by atoms with E-state index in [0.29, 0.717) is 30.2 Å². The van der Waals surface area contributed by atoms with Crippen LogP contribution in [-0.2, 0) is 21.2 Å². The van der Waals surface area contributed by atoms with Crippen LogP contribution in [0.3, 0.4) is 0 Å². The number of fused-ring (bicyclic) bond motifs is 1. The molecule has 1 unspecified atom stereocenters. The van der Waals surface area contributed by atoms with E-state index in [0.717, 1.165) is 17.3 Å². The van der Waals surface area contributed by atoms with Gasteiger partial charge in [-0.25, -0.2) is 13.4 Å². The van der Waals surface area contributed by atoms with Gasteiger partial charge in [-0.15, -0.1) is 0 Å². The van der Waals surface area contributed by atoms with Gasteiger partial charge in [0.25, 0.3) is 11.5 Å². The summed E-state index contributed by atoms with van der Waals surface area (Å²) in [5.74, 6) is 0.491. The molecule has 0 bridgehead atoms. The summed E-state index contributed by atoms with van der Waals surface area (Å²) in [6, 6.07) is 6.69. The first kappa shape index (κ1) is 22.8. The summed E-state index contributed by atoms with van der Waals surface area (Å²) in [5.41, 5.74) is 1.18. The number of carbonyl (C=O) groups is 1. The number of aromatic nitrogens is 2. The average molecular weight is 517 g/mol. The van der Waals surface area contributed by atoms with Crippen molar-refractivity contribution in [1.82, 2.24) is 14.3 Å². The van der Waals surface area contributed by atoms with E-state index in [-0.39, 0.29) is 31.9 Å². The third-order valence-corrected chi connectivity index (χ3v) is 8.85. The molecule has 2 saturated heterocycles. The number of thioether (sulfide) groups is 1. The number of nitrogens with zero attached hydrogens (tertiary/aromatic N) is 3. The summed E-state index contributed by atoms with van der Waals surface area (Å²) in [4.78, 5) is 32.9. The molecule has 3 aromatic heterocycles. The van der Waals surface area contributed by atoms with Crippen LogP contribution in [0.4, 0.5) is 5.82 Å². The van der Waals surface area contributed by atoms with Crippen LogP contribution >= 0.6 is 24.0 Å². The highest BCUT2D eigenvalue weighted by molar-refractivity contribution is 8.26. The smallest absolute Gasteiger partial charge is 0.267 e. The Morgan fingerprint density at radius 3 is 2.85 bits per heavy atom. The first-order valence-electron chi connectivity index (χ1n) is 10.5. The number of amides is 1. The second-order valence-electron chi connectivity index (χ2n) is 8.11. The lowest BCUT2D eigenvalue weighted by molar-refractivity contribution is -0.123. The van der Waals surface area contributed by atoms with Crippen LogP contribution in [0.15, 0.2) is 50.8 Å². The zero-order valence-electron chi connectivity index (χ0n) is 18.1. The molecule has 0 aliphatic carbocycles. The van der Waals surface area contributed by atoms with Crippen molar-refractivity contribution in [1.29, 1.82) is 0 Å². The molecule has 2 aliphatic rings. The van der Waals surface area contributed by atoms with Gasteiger partial charge in [0.05, 0.1) is 40.8 Å². The molecule has 34 heavy (non-hydrogen) atoms. The second-order valence-corrected chi connectivity index (χ2v) is 12.0. The van der Waals surface area contributed by atoms with Gasteiger partial charge >= 0.3 is 0 Å². The number of furan rings is 1. The maximum Gasteiger partial charge on any atom is 0.267 e. The molecule has 1 N–H and O–H groups in total. The van der Waals surface area contributed by atoms with Crippen LogP contribution in [0.25, 0.3) is 11.7 Å². The van der Waals surface area contributed by atoms with Gasteiger partial charge in [-0.05, 0) is 43.2 Å². The minimum Gasteiger partial charge on any atom is -0.467 e. The predicted octanol–water partition coefficient (Wildman–Crippen LogP) is 2.60. The van der Waals surface area contributed by atoms with Crippen LogP contribution in [-0.4, -0.2) is 50.5 Å². The van der Waals surface area contributed by atoms with Crippen molar-refractivity contribution in [3.8, 4) is 0 Å². The zero-order valence-corrected chi connectivity index (χ0v) is 20.5.